The van der Waals surface area contributed by atoms with E-state index in [2.05, 4.69) is 0 Å². The maximum absolute atomic E-state index is 11.9. The second-order valence-electron chi connectivity index (χ2n) is 6.34. The summed E-state index contributed by atoms with van der Waals surface area (Å²) >= 11 is 0. The molecule has 1 heterocycles. The Hall–Kier alpha value is -3.68. The van der Waals surface area contributed by atoms with E-state index in [9.17, 15) is 15.2 Å². The highest BCUT2D eigenvalue weighted by Crippen LogP contribution is 2.39. The Kier molecular flexibility index (Phi) is 5.12. The highest BCUT2D eigenvalue weighted by Gasteiger charge is 2.26. The average molecular weight is 383 g/mol. The zero-order valence-electron chi connectivity index (χ0n) is 16.0. The Bertz CT molecular complexity index is 1070. The number of rotatable bonds is 6. The minimum atomic E-state index is -0.399. The number of aromatic hydroxyl groups is 1. The van der Waals surface area contributed by atoms with Crippen LogP contribution in [-0.2, 0) is 0 Å². The number of methoxy groups -OCH3 is 2. The van der Waals surface area contributed by atoms with Gasteiger partial charge in [-0.05, 0) is 30.3 Å². The molecule has 0 radical (unpaired) electrons. The van der Waals surface area contributed by atoms with Crippen LogP contribution in [0.1, 0.15) is 5.69 Å². The predicted octanol–water partition coefficient (Wildman–Crippen LogP) is 3.79. The summed E-state index contributed by atoms with van der Waals surface area (Å²) in [7, 11) is 6.66. The molecule has 1 aromatic heterocycles. The van der Waals surface area contributed by atoms with Gasteiger partial charge >= 0.3 is 5.69 Å². The third kappa shape index (κ3) is 3.32. The van der Waals surface area contributed by atoms with Crippen molar-refractivity contribution in [1.82, 2.24) is 9.47 Å². The summed E-state index contributed by atoms with van der Waals surface area (Å²) in [5.41, 5.74) is 1.51. The highest BCUT2D eigenvalue weighted by molar-refractivity contribution is 5.96. The fraction of sp³-hybridized carbons (Fsp3) is 0.200. The van der Waals surface area contributed by atoms with Crippen molar-refractivity contribution in [2.45, 2.75) is 0 Å². The van der Waals surface area contributed by atoms with Gasteiger partial charge in [0.25, 0.3) is 0 Å². The van der Waals surface area contributed by atoms with E-state index in [4.69, 9.17) is 9.47 Å². The maximum Gasteiger partial charge on any atom is 0.302 e. The normalized spacial score (nSPS) is 11.1. The molecular formula is C20H21N3O5. The monoisotopic (exact) mass is 383 g/mol. The zero-order valence-corrected chi connectivity index (χ0v) is 16.0. The van der Waals surface area contributed by atoms with E-state index in [1.165, 1.54) is 20.3 Å². The third-order valence-corrected chi connectivity index (χ3v) is 4.32. The van der Waals surface area contributed by atoms with Gasteiger partial charge in [0.1, 0.15) is 11.4 Å². The SMILES string of the molecule is COc1ccc2c([N+](=O)[O-])c(C=CN(C)C)n(-c3ccc(OC)c(O)c3)c2c1. The molecule has 0 amide bonds. The first kappa shape index (κ1) is 19.1. The summed E-state index contributed by atoms with van der Waals surface area (Å²) < 4.78 is 12.1. The summed E-state index contributed by atoms with van der Waals surface area (Å²) in [5, 5.41) is 22.6. The van der Waals surface area contributed by atoms with Crippen molar-refractivity contribution >= 4 is 22.7 Å². The first-order valence-electron chi connectivity index (χ1n) is 8.46. The van der Waals surface area contributed by atoms with Crippen molar-refractivity contribution < 1.29 is 19.5 Å². The lowest BCUT2D eigenvalue weighted by Gasteiger charge is -2.11. The molecule has 1 N–H and O–H groups in total. The van der Waals surface area contributed by atoms with Crippen LogP contribution in [0.2, 0.25) is 0 Å². The number of phenolic OH excluding ortho intramolecular Hbond substituents is 1. The fourth-order valence-corrected chi connectivity index (χ4v) is 3.06. The molecule has 0 aliphatic heterocycles. The van der Waals surface area contributed by atoms with E-state index >= 15 is 0 Å². The van der Waals surface area contributed by atoms with Crippen LogP contribution in [0.3, 0.4) is 0 Å². The van der Waals surface area contributed by atoms with Crippen molar-refractivity contribution in [2.75, 3.05) is 28.3 Å². The van der Waals surface area contributed by atoms with Gasteiger partial charge < -0.3 is 24.0 Å². The number of phenols is 1. The van der Waals surface area contributed by atoms with Crippen molar-refractivity contribution in [3.8, 4) is 22.9 Å². The van der Waals surface area contributed by atoms with Crippen LogP contribution in [0.5, 0.6) is 17.2 Å². The average Bonchev–Trinajstić information content (AvgIpc) is 2.99. The van der Waals surface area contributed by atoms with E-state index in [1.807, 2.05) is 14.1 Å². The number of benzene rings is 2. The van der Waals surface area contributed by atoms with Crippen molar-refractivity contribution in [2.24, 2.45) is 0 Å². The minimum absolute atomic E-state index is 0.0222. The van der Waals surface area contributed by atoms with Crippen LogP contribution in [0.25, 0.3) is 22.7 Å². The number of aromatic nitrogens is 1. The van der Waals surface area contributed by atoms with Gasteiger partial charge in [0.15, 0.2) is 11.5 Å². The second-order valence-corrected chi connectivity index (χ2v) is 6.34. The first-order valence-corrected chi connectivity index (χ1v) is 8.46. The lowest BCUT2D eigenvalue weighted by molar-refractivity contribution is -0.383. The van der Waals surface area contributed by atoms with Gasteiger partial charge in [0, 0.05) is 32.4 Å². The van der Waals surface area contributed by atoms with Crippen LogP contribution < -0.4 is 9.47 Å². The first-order chi connectivity index (χ1) is 13.4. The van der Waals surface area contributed by atoms with Crippen LogP contribution >= 0.6 is 0 Å². The van der Waals surface area contributed by atoms with Gasteiger partial charge in [-0.2, -0.15) is 0 Å². The third-order valence-electron chi connectivity index (χ3n) is 4.32. The van der Waals surface area contributed by atoms with E-state index in [0.29, 0.717) is 33.8 Å². The molecule has 8 heteroatoms. The Morgan fingerprint density at radius 1 is 1.14 bits per heavy atom. The molecule has 0 bridgehead atoms. The summed E-state index contributed by atoms with van der Waals surface area (Å²) in [4.78, 5) is 13.3. The van der Waals surface area contributed by atoms with Gasteiger partial charge in [-0.15, -0.1) is 0 Å². The molecule has 3 aromatic rings. The number of hydrogen-bond donors (Lipinski definition) is 1. The predicted molar refractivity (Wildman–Crippen MR) is 107 cm³/mol. The Morgan fingerprint density at radius 2 is 1.89 bits per heavy atom. The highest BCUT2D eigenvalue weighted by atomic mass is 16.6. The summed E-state index contributed by atoms with van der Waals surface area (Å²) in [6.45, 7) is 0. The largest absolute Gasteiger partial charge is 0.504 e. The molecule has 8 nitrogen and oxygen atoms in total. The lowest BCUT2D eigenvalue weighted by Crippen LogP contribution is -2.03. The molecular weight excluding hydrogens is 362 g/mol. The topological polar surface area (TPSA) is 90.0 Å². The second kappa shape index (κ2) is 7.51. The molecule has 0 fully saturated rings. The number of nitro groups is 1. The van der Waals surface area contributed by atoms with Crippen molar-refractivity contribution in [3.63, 3.8) is 0 Å². The summed E-state index contributed by atoms with van der Waals surface area (Å²) in [6, 6.07) is 9.94. The minimum Gasteiger partial charge on any atom is -0.504 e. The number of ether oxygens (including phenoxy) is 2. The Balaban J connectivity index is 2.42. The van der Waals surface area contributed by atoms with Gasteiger partial charge in [0.05, 0.1) is 35.7 Å². The van der Waals surface area contributed by atoms with E-state index < -0.39 is 4.92 Å². The molecule has 0 aliphatic rings. The molecule has 0 atom stereocenters. The van der Waals surface area contributed by atoms with Crippen LogP contribution in [0.15, 0.2) is 42.6 Å². The van der Waals surface area contributed by atoms with Crippen molar-refractivity contribution in [1.29, 1.82) is 0 Å². The molecule has 2 aromatic carbocycles. The van der Waals surface area contributed by atoms with Gasteiger partial charge in [-0.25, -0.2) is 0 Å². The molecule has 0 saturated carbocycles. The zero-order chi connectivity index (χ0) is 20.4. The van der Waals surface area contributed by atoms with Gasteiger partial charge in [0.2, 0.25) is 0 Å². The summed E-state index contributed by atoms with van der Waals surface area (Å²) in [5.74, 6) is 0.828. The van der Waals surface area contributed by atoms with E-state index in [-0.39, 0.29) is 11.4 Å². The van der Waals surface area contributed by atoms with Crippen LogP contribution in [0, 0.1) is 10.1 Å². The Morgan fingerprint density at radius 3 is 2.46 bits per heavy atom. The molecule has 146 valence electrons. The number of nitrogens with zero attached hydrogens (tertiary/aromatic N) is 3. The molecule has 0 spiro atoms. The Labute approximate surface area is 162 Å². The van der Waals surface area contributed by atoms with Crippen LogP contribution in [-0.4, -0.2) is 47.8 Å². The van der Waals surface area contributed by atoms with E-state index in [1.54, 1.807) is 52.1 Å². The number of hydrogen-bond acceptors (Lipinski definition) is 6. The molecule has 0 aliphatic carbocycles. The summed E-state index contributed by atoms with van der Waals surface area (Å²) in [6.07, 6.45) is 3.41. The van der Waals surface area contributed by atoms with E-state index in [0.717, 1.165) is 0 Å². The standard InChI is InChI=1S/C20H21N3O5/c1-21(2)10-9-16-20(23(25)26)15-7-6-14(27-3)12-17(15)22(16)13-5-8-19(28-4)18(24)11-13/h5-12,24H,1-4H3. The molecule has 28 heavy (non-hydrogen) atoms. The lowest BCUT2D eigenvalue weighted by atomic mass is 10.2. The molecule has 3 rings (SSSR count). The fourth-order valence-electron chi connectivity index (χ4n) is 3.06. The van der Waals surface area contributed by atoms with Crippen molar-refractivity contribution in [3.05, 3.63) is 58.4 Å². The van der Waals surface area contributed by atoms with Gasteiger partial charge in [-0.3, -0.25) is 10.1 Å². The molecule has 0 unspecified atom stereocenters. The van der Waals surface area contributed by atoms with Gasteiger partial charge in [-0.1, -0.05) is 0 Å². The quantitative estimate of drug-likeness (QED) is 0.514. The number of fused-ring (bicyclic) bond motifs is 1. The molecule has 0 saturated heterocycles. The van der Waals surface area contributed by atoms with Crippen LogP contribution in [0.4, 0.5) is 5.69 Å². The maximum atomic E-state index is 11.9. The smallest absolute Gasteiger partial charge is 0.302 e.